The summed E-state index contributed by atoms with van der Waals surface area (Å²) in [6.45, 7) is 2.81. The van der Waals surface area contributed by atoms with Crippen molar-refractivity contribution in [3.63, 3.8) is 0 Å². The van der Waals surface area contributed by atoms with Crippen LogP contribution in [0.1, 0.15) is 24.6 Å². The van der Waals surface area contributed by atoms with Crippen molar-refractivity contribution in [3.8, 4) is 0 Å². The zero-order chi connectivity index (χ0) is 19.1. The quantitative estimate of drug-likeness (QED) is 0.688. The van der Waals surface area contributed by atoms with Gasteiger partial charge in [-0.05, 0) is 48.6 Å². The van der Waals surface area contributed by atoms with Gasteiger partial charge in [0.05, 0.1) is 18.7 Å². The molecule has 0 spiro atoms. The van der Waals surface area contributed by atoms with E-state index in [1.807, 2.05) is 28.4 Å². The summed E-state index contributed by atoms with van der Waals surface area (Å²) in [4.78, 5) is 6.46. The molecule has 5 rings (SSSR count). The van der Waals surface area contributed by atoms with Gasteiger partial charge in [-0.2, -0.15) is 5.10 Å². The topological polar surface area (TPSA) is 98.0 Å². The first-order chi connectivity index (χ1) is 13.7. The van der Waals surface area contributed by atoms with E-state index >= 15 is 0 Å². The highest BCUT2D eigenvalue weighted by molar-refractivity contribution is 7.99. The number of furan rings is 1. The summed E-state index contributed by atoms with van der Waals surface area (Å²) < 4.78 is 9.68. The number of aromatic nitrogens is 6. The minimum atomic E-state index is -0.360. The molecule has 0 bridgehead atoms. The number of nitrogens with zero attached hydrogens (tertiary/aromatic N) is 7. The molecule has 1 aliphatic carbocycles. The molecule has 9 nitrogen and oxygen atoms in total. The standard InChI is InChI=1S/C18H23N7O2S/c1-23-11-20-22-18(23)28-17-3-2-14(27-17)8-24-6-12-4-15(25-10-19-9-21-25)16(26)5-13(12)7-24/h2-3,9-13,15-16,26H,4-8H2,1H3/t12-,13+,15-,16-/m1/s1. The minimum Gasteiger partial charge on any atom is -0.453 e. The molecule has 3 aromatic rings. The van der Waals surface area contributed by atoms with Crippen LogP contribution in [0, 0.1) is 11.8 Å². The smallest absolute Gasteiger partial charge is 0.198 e. The van der Waals surface area contributed by atoms with Crippen LogP contribution >= 0.6 is 11.8 Å². The zero-order valence-corrected chi connectivity index (χ0v) is 16.4. The number of aliphatic hydroxyl groups is 1. The molecular weight excluding hydrogens is 378 g/mol. The Balaban J connectivity index is 1.21. The fourth-order valence-electron chi connectivity index (χ4n) is 4.48. The second-order valence-corrected chi connectivity index (χ2v) is 8.71. The van der Waals surface area contributed by atoms with Gasteiger partial charge in [0.2, 0.25) is 0 Å². The first kappa shape index (κ1) is 17.9. The number of aliphatic hydroxyl groups excluding tert-OH is 1. The van der Waals surface area contributed by atoms with Gasteiger partial charge in [0.25, 0.3) is 0 Å². The van der Waals surface area contributed by atoms with E-state index in [0.29, 0.717) is 11.8 Å². The molecule has 10 heteroatoms. The Labute approximate surface area is 166 Å². The molecule has 0 radical (unpaired) electrons. The largest absolute Gasteiger partial charge is 0.453 e. The molecule has 4 heterocycles. The first-order valence-corrected chi connectivity index (χ1v) is 10.3. The van der Waals surface area contributed by atoms with Crippen molar-refractivity contribution < 1.29 is 9.52 Å². The maximum atomic E-state index is 10.6. The molecular formula is C18H23N7O2S. The molecule has 3 aromatic heterocycles. The summed E-state index contributed by atoms with van der Waals surface area (Å²) in [5.41, 5.74) is 0. The van der Waals surface area contributed by atoms with Gasteiger partial charge < -0.3 is 14.1 Å². The lowest BCUT2D eigenvalue weighted by molar-refractivity contribution is 0.0304. The summed E-state index contributed by atoms with van der Waals surface area (Å²) in [5.74, 6) is 2.05. The van der Waals surface area contributed by atoms with Gasteiger partial charge in [0.15, 0.2) is 10.2 Å². The Kier molecular flexibility index (Phi) is 4.69. The third-order valence-corrected chi connectivity index (χ3v) is 6.81. The number of likely N-dealkylation sites (tertiary alicyclic amines) is 1. The summed E-state index contributed by atoms with van der Waals surface area (Å²) in [6.07, 6.45) is 6.32. The average Bonchev–Trinajstić information content (AvgIpc) is 3.44. The highest BCUT2D eigenvalue weighted by Gasteiger charge is 2.42. The van der Waals surface area contributed by atoms with Crippen LogP contribution in [-0.4, -0.2) is 58.7 Å². The molecule has 4 atom stereocenters. The second kappa shape index (κ2) is 7.34. The van der Waals surface area contributed by atoms with E-state index < -0.39 is 0 Å². The van der Waals surface area contributed by atoms with Crippen molar-refractivity contribution in [2.75, 3.05) is 13.1 Å². The fourth-order valence-corrected chi connectivity index (χ4v) is 5.22. The number of rotatable bonds is 5. The van der Waals surface area contributed by atoms with Crippen LogP contribution in [-0.2, 0) is 13.6 Å². The SMILES string of the molecule is Cn1cnnc1Sc1ccc(CN2C[C@H]3C[C@@H](n4cncn4)[C@H](O)C[C@H]3C2)o1. The minimum absolute atomic E-state index is 0.0294. The van der Waals surface area contributed by atoms with Crippen LogP contribution in [0.3, 0.4) is 0 Å². The van der Waals surface area contributed by atoms with Crippen molar-refractivity contribution in [1.82, 2.24) is 34.4 Å². The Morgan fingerprint density at radius 2 is 2.07 bits per heavy atom. The summed E-state index contributed by atoms with van der Waals surface area (Å²) in [5, 5.41) is 24.4. The lowest BCUT2D eigenvalue weighted by Gasteiger charge is -2.35. The van der Waals surface area contributed by atoms with Crippen LogP contribution in [0.15, 0.2) is 45.8 Å². The van der Waals surface area contributed by atoms with Crippen LogP contribution in [0.2, 0.25) is 0 Å². The number of hydrogen-bond acceptors (Lipinski definition) is 8. The van der Waals surface area contributed by atoms with Gasteiger partial charge in [-0.25, -0.2) is 9.67 Å². The van der Waals surface area contributed by atoms with E-state index in [1.165, 1.54) is 18.1 Å². The zero-order valence-electron chi connectivity index (χ0n) is 15.6. The molecule has 1 aliphatic heterocycles. The predicted octanol–water partition coefficient (Wildman–Crippen LogP) is 1.59. The van der Waals surface area contributed by atoms with Crippen LogP contribution in [0.4, 0.5) is 0 Å². The average molecular weight is 401 g/mol. The van der Waals surface area contributed by atoms with E-state index in [0.717, 1.165) is 48.5 Å². The molecule has 0 amide bonds. The normalized spacial score (nSPS) is 27.9. The summed E-state index contributed by atoms with van der Waals surface area (Å²) in [7, 11) is 1.92. The van der Waals surface area contributed by atoms with Gasteiger partial charge in [0, 0.05) is 20.1 Å². The molecule has 2 aliphatic rings. The van der Waals surface area contributed by atoms with E-state index in [9.17, 15) is 5.11 Å². The lowest BCUT2D eigenvalue weighted by Crippen LogP contribution is -2.36. The van der Waals surface area contributed by atoms with Crippen molar-refractivity contribution in [2.45, 2.75) is 41.8 Å². The lowest BCUT2D eigenvalue weighted by atomic mass is 9.77. The highest BCUT2D eigenvalue weighted by Crippen LogP contribution is 2.41. The third kappa shape index (κ3) is 3.47. The van der Waals surface area contributed by atoms with E-state index in [2.05, 4.69) is 25.2 Å². The Hall–Kier alpha value is -2.17. The van der Waals surface area contributed by atoms with Crippen molar-refractivity contribution in [1.29, 1.82) is 0 Å². The Morgan fingerprint density at radius 1 is 1.21 bits per heavy atom. The second-order valence-electron chi connectivity index (χ2n) is 7.74. The predicted molar refractivity (Wildman–Crippen MR) is 100 cm³/mol. The molecule has 0 unspecified atom stereocenters. The molecule has 1 N–H and O–H groups in total. The van der Waals surface area contributed by atoms with Gasteiger partial charge in [-0.3, -0.25) is 4.90 Å². The maximum absolute atomic E-state index is 10.6. The van der Waals surface area contributed by atoms with Gasteiger partial charge in [-0.15, -0.1) is 10.2 Å². The molecule has 148 valence electrons. The van der Waals surface area contributed by atoms with Gasteiger partial charge in [-0.1, -0.05) is 0 Å². The Morgan fingerprint density at radius 3 is 2.82 bits per heavy atom. The van der Waals surface area contributed by atoms with Crippen molar-refractivity contribution in [3.05, 3.63) is 36.9 Å². The third-order valence-electron chi connectivity index (χ3n) is 5.84. The Bertz CT molecular complexity index is 924. The summed E-state index contributed by atoms with van der Waals surface area (Å²) >= 11 is 1.47. The van der Waals surface area contributed by atoms with Crippen LogP contribution < -0.4 is 0 Å². The molecule has 1 saturated heterocycles. The maximum Gasteiger partial charge on any atom is 0.198 e. The van der Waals surface area contributed by atoms with E-state index in [-0.39, 0.29) is 12.1 Å². The first-order valence-electron chi connectivity index (χ1n) is 9.51. The van der Waals surface area contributed by atoms with Crippen molar-refractivity contribution >= 4 is 11.8 Å². The molecule has 28 heavy (non-hydrogen) atoms. The van der Waals surface area contributed by atoms with E-state index in [4.69, 9.17) is 4.42 Å². The molecule has 1 saturated carbocycles. The van der Waals surface area contributed by atoms with Crippen molar-refractivity contribution in [2.24, 2.45) is 18.9 Å². The van der Waals surface area contributed by atoms with Crippen LogP contribution in [0.25, 0.3) is 0 Å². The van der Waals surface area contributed by atoms with E-state index in [1.54, 1.807) is 12.7 Å². The van der Waals surface area contributed by atoms with Gasteiger partial charge in [0.1, 0.15) is 24.7 Å². The number of aryl methyl sites for hydroxylation is 1. The fraction of sp³-hybridized carbons (Fsp3) is 0.556. The molecule has 0 aromatic carbocycles. The number of hydrogen-bond donors (Lipinski definition) is 1. The summed E-state index contributed by atoms with van der Waals surface area (Å²) in [6, 6.07) is 4.05. The molecule has 2 fully saturated rings. The number of fused-ring (bicyclic) bond motifs is 1. The highest BCUT2D eigenvalue weighted by atomic mass is 32.2. The van der Waals surface area contributed by atoms with Gasteiger partial charge >= 0.3 is 0 Å². The van der Waals surface area contributed by atoms with Crippen LogP contribution in [0.5, 0.6) is 0 Å². The monoisotopic (exact) mass is 401 g/mol.